The Labute approximate surface area is 188 Å². The van der Waals surface area contributed by atoms with Gasteiger partial charge in [0.15, 0.2) is 11.5 Å². The SMILES string of the molecule is Cc1cc(C)c(NC(=O)CNC(=O)CN2CCCC(c3nc4ccccc4o3)C2)c(C)c1. The van der Waals surface area contributed by atoms with Gasteiger partial charge in [-0.1, -0.05) is 29.8 Å². The van der Waals surface area contributed by atoms with Crippen molar-refractivity contribution in [2.45, 2.75) is 39.5 Å². The molecule has 1 saturated heterocycles. The van der Waals surface area contributed by atoms with Crippen LogP contribution in [0.4, 0.5) is 5.69 Å². The Morgan fingerprint density at radius 2 is 1.88 bits per heavy atom. The molecule has 1 fully saturated rings. The van der Waals surface area contributed by atoms with Crippen molar-refractivity contribution in [3.05, 3.63) is 59.0 Å². The van der Waals surface area contributed by atoms with E-state index in [1.807, 2.05) is 57.2 Å². The van der Waals surface area contributed by atoms with E-state index in [9.17, 15) is 9.59 Å². The highest BCUT2D eigenvalue weighted by atomic mass is 16.3. The largest absolute Gasteiger partial charge is 0.440 e. The van der Waals surface area contributed by atoms with Gasteiger partial charge in [0.2, 0.25) is 11.8 Å². The van der Waals surface area contributed by atoms with Crippen LogP contribution in [0.25, 0.3) is 11.1 Å². The van der Waals surface area contributed by atoms with E-state index in [4.69, 9.17) is 4.42 Å². The van der Waals surface area contributed by atoms with Gasteiger partial charge in [-0.15, -0.1) is 0 Å². The lowest BCUT2D eigenvalue weighted by molar-refractivity contribution is -0.125. The van der Waals surface area contributed by atoms with Crippen molar-refractivity contribution in [3.63, 3.8) is 0 Å². The van der Waals surface area contributed by atoms with Crippen LogP contribution >= 0.6 is 0 Å². The Morgan fingerprint density at radius 3 is 2.62 bits per heavy atom. The van der Waals surface area contributed by atoms with E-state index in [1.54, 1.807) is 0 Å². The lowest BCUT2D eigenvalue weighted by atomic mass is 9.98. The fourth-order valence-electron chi connectivity index (χ4n) is 4.46. The zero-order valence-electron chi connectivity index (χ0n) is 18.9. The molecule has 2 aromatic carbocycles. The topological polar surface area (TPSA) is 87.5 Å². The van der Waals surface area contributed by atoms with Crippen molar-refractivity contribution in [1.29, 1.82) is 0 Å². The van der Waals surface area contributed by atoms with Crippen LogP contribution in [0.3, 0.4) is 0 Å². The summed E-state index contributed by atoms with van der Waals surface area (Å²) >= 11 is 0. The molecular formula is C25H30N4O3. The average Bonchev–Trinajstić information content (AvgIpc) is 3.19. The van der Waals surface area contributed by atoms with E-state index in [0.29, 0.717) is 6.54 Å². The number of fused-ring (bicyclic) bond motifs is 1. The Balaban J connectivity index is 1.28. The number of carbonyl (C=O) groups excluding carboxylic acids is 2. The van der Waals surface area contributed by atoms with Crippen LogP contribution in [-0.2, 0) is 9.59 Å². The Morgan fingerprint density at radius 1 is 1.12 bits per heavy atom. The number of aromatic nitrogens is 1. The lowest BCUT2D eigenvalue weighted by Gasteiger charge is -2.30. The van der Waals surface area contributed by atoms with Gasteiger partial charge in [-0.05, 0) is 63.4 Å². The molecule has 0 saturated carbocycles. The van der Waals surface area contributed by atoms with Crippen molar-refractivity contribution in [1.82, 2.24) is 15.2 Å². The molecule has 32 heavy (non-hydrogen) atoms. The lowest BCUT2D eigenvalue weighted by Crippen LogP contribution is -2.43. The standard InChI is InChI=1S/C25H30N4O3/c1-16-11-17(2)24(18(3)12-16)28-22(30)13-26-23(31)15-29-10-6-7-19(14-29)25-27-20-8-4-5-9-21(20)32-25/h4-5,8-9,11-12,19H,6-7,10,13-15H2,1-3H3,(H,26,31)(H,28,30). The molecule has 7 nitrogen and oxygen atoms in total. The molecule has 0 bridgehead atoms. The number of benzene rings is 2. The summed E-state index contributed by atoms with van der Waals surface area (Å²) in [4.78, 5) is 31.5. The molecule has 2 amide bonds. The number of piperidine rings is 1. The third-order valence-corrected chi connectivity index (χ3v) is 5.92. The Kier molecular flexibility index (Phi) is 6.55. The van der Waals surface area contributed by atoms with E-state index >= 15 is 0 Å². The van der Waals surface area contributed by atoms with Gasteiger partial charge < -0.3 is 15.1 Å². The first-order valence-electron chi connectivity index (χ1n) is 11.1. The normalized spacial score (nSPS) is 16.8. The van der Waals surface area contributed by atoms with Gasteiger partial charge in [0.05, 0.1) is 13.1 Å². The zero-order valence-corrected chi connectivity index (χ0v) is 18.9. The molecule has 0 spiro atoms. The summed E-state index contributed by atoms with van der Waals surface area (Å²) in [6.07, 6.45) is 1.96. The molecule has 2 heterocycles. The van der Waals surface area contributed by atoms with E-state index in [1.165, 1.54) is 0 Å². The molecule has 1 unspecified atom stereocenters. The van der Waals surface area contributed by atoms with Crippen LogP contribution in [0.2, 0.25) is 0 Å². The summed E-state index contributed by atoms with van der Waals surface area (Å²) in [6, 6.07) is 11.8. The average molecular weight is 435 g/mol. The second-order valence-corrected chi connectivity index (χ2v) is 8.69. The van der Waals surface area contributed by atoms with E-state index in [0.717, 1.165) is 58.8 Å². The third kappa shape index (κ3) is 5.16. The summed E-state index contributed by atoms with van der Waals surface area (Å²) < 4.78 is 5.93. The molecule has 7 heteroatoms. The number of likely N-dealkylation sites (tertiary alicyclic amines) is 1. The number of oxazole rings is 1. The number of amides is 2. The number of nitrogens with zero attached hydrogens (tertiary/aromatic N) is 2. The molecular weight excluding hydrogens is 404 g/mol. The Bertz CT molecular complexity index is 1080. The number of anilines is 1. The van der Waals surface area contributed by atoms with Gasteiger partial charge >= 0.3 is 0 Å². The first-order chi connectivity index (χ1) is 15.4. The van der Waals surface area contributed by atoms with Crippen LogP contribution in [0.5, 0.6) is 0 Å². The van der Waals surface area contributed by atoms with Crippen LogP contribution in [0, 0.1) is 20.8 Å². The van der Waals surface area contributed by atoms with Crippen molar-refractivity contribution in [2.75, 3.05) is 31.5 Å². The predicted octanol–water partition coefficient (Wildman–Crippen LogP) is 3.69. The monoisotopic (exact) mass is 434 g/mol. The minimum Gasteiger partial charge on any atom is -0.440 e. The number of aryl methyl sites for hydroxylation is 3. The van der Waals surface area contributed by atoms with Gasteiger partial charge in [-0.3, -0.25) is 14.5 Å². The van der Waals surface area contributed by atoms with Gasteiger partial charge in [-0.2, -0.15) is 0 Å². The molecule has 3 aromatic rings. The van der Waals surface area contributed by atoms with Gasteiger partial charge in [0.1, 0.15) is 5.52 Å². The van der Waals surface area contributed by atoms with Crippen LogP contribution in [0.15, 0.2) is 40.8 Å². The fourth-order valence-corrected chi connectivity index (χ4v) is 4.46. The summed E-state index contributed by atoms with van der Waals surface area (Å²) in [6.45, 7) is 7.74. The van der Waals surface area contributed by atoms with Crippen molar-refractivity contribution in [3.8, 4) is 0 Å². The highest BCUT2D eigenvalue weighted by molar-refractivity contribution is 5.96. The maximum absolute atomic E-state index is 12.5. The second-order valence-electron chi connectivity index (χ2n) is 8.69. The van der Waals surface area contributed by atoms with Gasteiger partial charge in [0, 0.05) is 18.2 Å². The number of carbonyl (C=O) groups is 2. The van der Waals surface area contributed by atoms with Crippen LogP contribution < -0.4 is 10.6 Å². The molecule has 1 aliphatic rings. The molecule has 0 aliphatic carbocycles. The number of nitrogens with one attached hydrogen (secondary N) is 2. The minimum atomic E-state index is -0.226. The van der Waals surface area contributed by atoms with Gasteiger partial charge in [0.25, 0.3) is 0 Å². The molecule has 1 aromatic heterocycles. The number of rotatable bonds is 6. The summed E-state index contributed by atoms with van der Waals surface area (Å²) in [5.41, 5.74) is 5.65. The highest BCUT2D eigenvalue weighted by Gasteiger charge is 2.26. The first kappa shape index (κ1) is 22.0. The molecule has 2 N–H and O–H groups in total. The van der Waals surface area contributed by atoms with Crippen LogP contribution in [0.1, 0.15) is 41.3 Å². The molecule has 4 rings (SSSR count). The van der Waals surface area contributed by atoms with Crippen molar-refractivity contribution < 1.29 is 14.0 Å². The van der Waals surface area contributed by atoms with Crippen LogP contribution in [-0.4, -0.2) is 47.9 Å². The quantitative estimate of drug-likeness (QED) is 0.618. The number of hydrogen-bond donors (Lipinski definition) is 2. The van der Waals surface area contributed by atoms with Crippen molar-refractivity contribution in [2.24, 2.45) is 0 Å². The highest BCUT2D eigenvalue weighted by Crippen LogP contribution is 2.28. The molecule has 1 atom stereocenters. The second kappa shape index (κ2) is 9.53. The summed E-state index contributed by atoms with van der Waals surface area (Å²) in [5.74, 6) is 0.520. The summed E-state index contributed by atoms with van der Waals surface area (Å²) in [5, 5.41) is 5.66. The third-order valence-electron chi connectivity index (χ3n) is 5.92. The maximum Gasteiger partial charge on any atom is 0.243 e. The maximum atomic E-state index is 12.5. The molecule has 168 valence electrons. The molecule has 0 radical (unpaired) electrons. The predicted molar refractivity (Wildman–Crippen MR) is 125 cm³/mol. The number of hydrogen-bond acceptors (Lipinski definition) is 5. The zero-order chi connectivity index (χ0) is 22.7. The minimum absolute atomic E-state index is 0.0476. The number of para-hydroxylation sites is 2. The van der Waals surface area contributed by atoms with E-state index in [2.05, 4.69) is 20.5 Å². The van der Waals surface area contributed by atoms with E-state index < -0.39 is 0 Å². The van der Waals surface area contributed by atoms with Crippen molar-refractivity contribution >= 4 is 28.6 Å². The Hall–Kier alpha value is -3.19. The van der Waals surface area contributed by atoms with Gasteiger partial charge in [-0.25, -0.2) is 4.98 Å². The smallest absolute Gasteiger partial charge is 0.243 e. The van der Waals surface area contributed by atoms with E-state index in [-0.39, 0.29) is 30.8 Å². The molecule has 1 aliphatic heterocycles. The first-order valence-corrected chi connectivity index (χ1v) is 11.1. The fraction of sp³-hybridized carbons (Fsp3) is 0.400. The summed E-state index contributed by atoms with van der Waals surface area (Å²) in [7, 11) is 0.